The summed E-state index contributed by atoms with van der Waals surface area (Å²) in [4.78, 5) is 11.3. The second-order valence-electron chi connectivity index (χ2n) is 3.85. The van der Waals surface area contributed by atoms with E-state index in [1.54, 1.807) is 6.92 Å². The Hall–Kier alpha value is -1.37. The predicted octanol–water partition coefficient (Wildman–Crippen LogP) is 2.85. The highest BCUT2D eigenvalue weighted by atomic mass is 16.1. The van der Waals surface area contributed by atoms with E-state index in [1.807, 2.05) is 19.1 Å². The molecule has 1 aromatic rings. The third-order valence-electron chi connectivity index (χ3n) is 2.95. The summed E-state index contributed by atoms with van der Waals surface area (Å²) in [5, 5.41) is 0. The van der Waals surface area contributed by atoms with Crippen LogP contribution in [-0.2, 0) is 11.2 Å². The van der Waals surface area contributed by atoms with Crippen molar-refractivity contribution in [1.82, 2.24) is 0 Å². The Morgan fingerprint density at radius 3 is 2.79 bits per heavy atom. The molecule has 0 N–H and O–H groups in total. The summed E-state index contributed by atoms with van der Waals surface area (Å²) in [6.07, 6.45) is 3.15. The van der Waals surface area contributed by atoms with Crippen LogP contribution in [0.2, 0.25) is 0 Å². The summed E-state index contributed by atoms with van der Waals surface area (Å²) in [7, 11) is 0. The Morgan fingerprint density at radius 1 is 1.36 bits per heavy atom. The molecule has 0 spiro atoms. The van der Waals surface area contributed by atoms with E-state index in [0.717, 1.165) is 6.42 Å². The van der Waals surface area contributed by atoms with Crippen molar-refractivity contribution in [1.29, 1.82) is 0 Å². The van der Waals surface area contributed by atoms with Crippen LogP contribution in [0.25, 0.3) is 5.57 Å². The largest absolute Gasteiger partial charge is 0.299 e. The van der Waals surface area contributed by atoms with E-state index in [0.29, 0.717) is 0 Å². The SMILES string of the molecule is CC(=O)C(C)C1=CCc2ccccc21. The van der Waals surface area contributed by atoms with Gasteiger partial charge in [0.2, 0.25) is 0 Å². The number of carbonyl (C=O) groups excluding carboxylic acids is 1. The molecule has 0 amide bonds. The molecule has 0 heterocycles. The van der Waals surface area contributed by atoms with Crippen molar-refractivity contribution in [3.63, 3.8) is 0 Å². The van der Waals surface area contributed by atoms with E-state index in [-0.39, 0.29) is 11.7 Å². The van der Waals surface area contributed by atoms with Crippen LogP contribution in [0.5, 0.6) is 0 Å². The fourth-order valence-corrected chi connectivity index (χ4v) is 1.94. The molecule has 0 fully saturated rings. The monoisotopic (exact) mass is 186 g/mol. The minimum atomic E-state index is 0.0404. The number of rotatable bonds is 2. The van der Waals surface area contributed by atoms with E-state index in [2.05, 4.69) is 18.2 Å². The fourth-order valence-electron chi connectivity index (χ4n) is 1.94. The van der Waals surface area contributed by atoms with Gasteiger partial charge < -0.3 is 0 Å². The fraction of sp³-hybridized carbons (Fsp3) is 0.308. The molecule has 1 aromatic carbocycles. The van der Waals surface area contributed by atoms with Crippen LogP contribution in [-0.4, -0.2) is 5.78 Å². The van der Waals surface area contributed by atoms with Crippen LogP contribution in [0.1, 0.15) is 25.0 Å². The highest BCUT2D eigenvalue weighted by Gasteiger charge is 2.20. The Kier molecular flexibility index (Phi) is 2.24. The van der Waals surface area contributed by atoms with Crippen molar-refractivity contribution in [3.05, 3.63) is 41.5 Å². The normalized spacial score (nSPS) is 16.0. The molecule has 0 bridgehead atoms. The lowest BCUT2D eigenvalue weighted by atomic mass is 9.93. The van der Waals surface area contributed by atoms with Gasteiger partial charge in [-0.25, -0.2) is 0 Å². The number of allylic oxidation sites excluding steroid dienone is 2. The van der Waals surface area contributed by atoms with Gasteiger partial charge in [-0.1, -0.05) is 37.3 Å². The molecule has 1 aliphatic rings. The number of benzene rings is 1. The first-order valence-corrected chi connectivity index (χ1v) is 4.99. The van der Waals surface area contributed by atoms with Crippen molar-refractivity contribution in [3.8, 4) is 0 Å². The van der Waals surface area contributed by atoms with Gasteiger partial charge in [-0.2, -0.15) is 0 Å². The summed E-state index contributed by atoms with van der Waals surface area (Å²) in [5.74, 6) is 0.284. The van der Waals surface area contributed by atoms with Crippen LogP contribution in [0, 0.1) is 5.92 Å². The minimum Gasteiger partial charge on any atom is -0.299 e. The second-order valence-corrected chi connectivity index (χ2v) is 3.85. The van der Waals surface area contributed by atoms with Crippen molar-refractivity contribution in [2.75, 3.05) is 0 Å². The molecule has 0 aromatic heterocycles. The molecule has 2 rings (SSSR count). The molecule has 72 valence electrons. The summed E-state index contributed by atoms with van der Waals surface area (Å²) < 4.78 is 0. The van der Waals surface area contributed by atoms with Crippen LogP contribution in [0.15, 0.2) is 30.3 Å². The van der Waals surface area contributed by atoms with Crippen molar-refractivity contribution in [2.45, 2.75) is 20.3 Å². The summed E-state index contributed by atoms with van der Waals surface area (Å²) in [6, 6.07) is 8.32. The molecule has 1 unspecified atom stereocenters. The summed E-state index contributed by atoms with van der Waals surface area (Å²) in [6.45, 7) is 3.64. The van der Waals surface area contributed by atoms with Gasteiger partial charge >= 0.3 is 0 Å². The molecule has 1 atom stereocenters. The molecule has 1 nitrogen and oxygen atoms in total. The smallest absolute Gasteiger partial charge is 0.136 e. The zero-order valence-electron chi connectivity index (χ0n) is 8.58. The maximum absolute atomic E-state index is 11.3. The highest BCUT2D eigenvalue weighted by Crippen LogP contribution is 2.32. The van der Waals surface area contributed by atoms with E-state index in [9.17, 15) is 4.79 Å². The maximum atomic E-state index is 11.3. The van der Waals surface area contributed by atoms with E-state index in [4.69, 9.17) is 0 Å². The van der Waals surface area contributed by atoms with Crippen LogP contribution < -0.4 is 0 Å². The number of hydrogen-bond donors (Lipinski definition) is 0. The molecule has 0 saturated carbocycles. The lowest BCUT2D eigenvalue weighted by molar-refractivity contribution is -0.118. The second kappa shape index (κ2) is 3.41. The van der Waals surface area contributed by atoms with Crippen molar-refractivity contribution in [2.24, 2.45) is 5.92 Å². The third-order valence-corrected chi connectivity index (χ3v) is 2.95. The standard InChI is InChI=1S/C13H14O/c1-9(10(2)14)12-8-7-11-5-3-4-6-13(11)12/h3-6,8-9H,7H2,1-2H3. The average molecular weight is 186 g/mol. The number of Topliss-reactive ketones (excluding diaryl/α,β-unsaturated/α-hetero) is 1. The van der Waals surface area contributed by atoms with E-state index < -0.39 is 0 Å². The molecule has 14 heavy (non-hydrogen) atoms. The minimum absolute atomic E-state index is 0.0404. The van der Waals surface area contributed by atoms with Crippen molar-refractivity contribution < 1.29 is 4.79 Å². The summed E-state index contributed by atoms with van der Waals surface area (Å²) >= 11 is 0. The lowest BCUT2D eigenvalue weighted by Crippen LogP contribution is -2.07. The van der Waals surface area contributed by atoms with Crippen LogP contribution in [0.4, 0.5) is 0 Å². The van der Waals surface area contributed by atoms with Gasteiger partial charge in [-0.3, -0.25) is 4.79 Å². The van der Waals surface area contributed by atoms with Gasteiger partial charge in [0.1, 0.15) is 5.78 Å². The maximum Gasteiger partial charge on any atom is 0.136 e. The first-order chi connectivity index (χ1) is 6.70. The van der Waals surface area contributed by atoms with Gasteiger partial charge in [-0.15, -0.1) is 0 Å². The lowest BCUT2D eigenvalue weighted by Gasteiger charge is -2.10. The average Bonchev–Trinajstić information content (AvgIpc) is 2.60. The number of hydrogen-bond acceptors (Lipinski definition) is 1. The molecular weight excluding hydrogens is 172 g/mol. The van der Waals surface area contributed by atoms with E-state index >= 15 is 0 Å². The quantitative estimate of drug-likeness (QED) is 0.694. The van der Waals surface area contributed by atoms with Crippen molar-refractivity contribution >= 4 is 11.4 Å². The Morgan fingerprint density at radius 2 is 2.07 bits per heavy atom. The zero-order chi connectivity index (χ0) is 10.1. The van der Waals surface area contributed by atoms with Gasteiger partial charge in [0.15, 0.2) is 0 Å². The molecule has 1 aliphatic carbocycles. The highest BCUT2D eigenvalue weighted by molar-refractivity contribution is 5.93. The Bertz CT molecular complexity index is 401. The Balaban J connectivity index is 2.38. The molecule has 0 aliphatic heterocycles. The first kappa shape index (κ1) is 9.20. The predicted molar refractivity (Wildman–Crippen MR) is 58.0 cm³/mol. The first-order valence-electron chi connectivity index (χ1n) is 4.99. The third kappa shape index (κ3) is 1.39. The van der Waals surface area contributed by atoms with Crippen LogP contribution in [0.3, 0.4) is 0 Å². The molecule has 0 radical (unpaired) electrons. The molecule has 1 heteroatoms. The number of ketones is 1. The zero-order valence-corrected chi connectivity index (χ0v) is 8.58. The summed E-state index contributed by atoms with van der Waals surface area (Å²) in [5.41, 5.74) is 3.80. The topological polar surface area (TPSA) is 17.1 Å². The van der Waals surface area contributed by atoms with Gasteiger partial charge in [0.05, 0.1) is 0 Å². The molecule has 0 saturated heterocycles. The molecular formula is C13H14O. The van der Waals surface area contributed by atoms with E-state index in [1.165, 1.54) is 16.7 Å². The van der Waals surface area contributed by atoms with Gasteiger partial charge in [-0.05, 0) is 30.0 Å². The Labute approximate surface area is 84.5 Å². The number of fused-ring (bicyclic) bond motifs is 1. The van der Waals surface area contributed by atoms with Crippen LogP contribution >= 0.6 is 0 Å². The number of carbonyl (C=O) groups is 1. The van der Waals surface area contributed by atoms with Gasteiger partial charge in [0, 0.05) is 5.92 Å². The van der Waals surface area contributed by atoms with Gasteiger partial charge in [0.25, 0.3) is 0 Å².